The molecule has 0 fully saturated rings. The number of rotatable bonds is 8. The Hall–Kier alpha value is -0.960. The van der Waals surface area contributed by atoms with E-state index in [0.29, 0.717) is 0 Å². The Balaban J connectivity index is 2.62. The lowest BCUT2D eigenvalue weighted by atomic mass is 10.0. The molecule has 0 aliphatic heterocycles. The van der Waals surface area contributed by atoms with Gasteiger partial charge in [-0.2, -0.15) is 0 Å². The minimum absolute atomic E-state index is 0.191. The molecule has 19 heavy (non-hydrogen) atoms. The average Bonchev–Trinajstić information content (AvgIpc) is 2.43. The average molecular weight is 280 g/mol. The maximum atomic E-state index is 12.5. The topological polar surface area (TPSA) is 26.3 Å². The largest absolute Gasteiger partial charge is 0.497 e. The Labute approximate surface area is 120 Å². The Bertz CT molecular complexity index is 396. The van der Waals surface area contributed by atoms with Gasteiger partial charge in [0.25, 0.3) is 0 Å². The van der Waals surface area contributed by atoms with Crippen molar-refractivity contribution in [1.29, 1.82) is 0 Å². The first kappa shape index (κ1) is 16.1. The van der Waals surface area contributed by atoms with E-state index in [-0.39, 0.29) is 10.5 Å². The van der Waals surface area contributed by atoms with Crippen LogP contribution in [0.3, 0.4) is 0 Å². The molecule has 0 saturated carbocycles. The second-order valence-electron chi connectivity index (χ2n) is 5.12. The van der Waals surface area contributed by atoms with Crippen LogP contribution in [0.2, 0.25) is 0 Å². The number of methoxy groups -OCH3 is 1. The molecule has 0 amide bonds. The van der Waals surface area contributed by atoms with E-state index in [2.05, 4.69) is 6.92 Å². The second kappa shape index (κ2) is 7.59. The summed E-state index contributed by atoms with van der Waals surface area (Å²) >= 11 is 1.75. The quantitative estimate of drug-likeness (QED) is 0.515. The summed E-state index contributed by atoms with van der Waals surface area (Å²) in [4.78, 5) is 12.5. The summed E-state index contributed by atoms with van der Waals surface area (Å²) in [5.41, 5.74) is 0.758. The first-order valence-corrected chi connectivity index (χ1v) is 7.82. The second-order valence-corrected chi connectivity index (χ2v) is 6.84. The number of carbonyl (C=O) groups is 1. The van der Waals surface area contributed by atoms with E-state index in [9.17, 15) is 4.79 Å². The lowest BCUT2D eigenvalue weighted by Gasteiger charge is -2.22. The normalized spacial score (nSPS) is 11.4. The number of ketones is 1. The Morgan fingerprint density at radius 2 is 1.84 bits per heavy atom. The fourth-order valence-corrected chi connectivity index (χ4v) is 2.94. The molecule has 2 nitrogen and oxygen atoms in total. The maximum Gasteiger partial charge on any atom is 0.178 e. The standard InChI is InChI=1S/C16H24O2S/c1-5-6-7-12-19-16(2,3)15(17)13-8-10-14(18-4)11-9-13/h8-11H,5-7,12H2,1-4H3. The van der Waals surface area contributed by atoms with Crippen LogP contribution in [-0.4, -0.2) is 23.4 Å². The highest BCUT2D eigenvalue weighted by atomic mass is 32.2. The molecule has 0 spiro atoms. The number of ether oxygens (including phenoxy) is 1. The van der Waals surface area contributed by atoms with E-state index in [1.54, 1.807) is 18.9 Å². The predicted octanol–water partition coefficient (Wildman–Crippen LogP) is 4.58. The Morgan fingerprint density at radius 3 is 2.37 bits per heavy atom. The summed E-state index contributed by atoms with van der Waals surface area (Å²) in [5, 5.41) is 0. The predicted molar refractivity (Wildman–Crippen MR) is 83.4 cm³/mol. The van der Waals surface area contributed by atoms with Crippen LogP contribution in [0.15, 0.2) is 24.3 Å². The zero-order chi connectivity index (χ0) is 14.3. The van der Waals surface area contributed by atoms with Gasteiger partial charge >= 0.3 is 0 Å². The van der Waals surface area contributed by atoms with Crippen molar-refractivity contribution < 1.29 is 9.53 Å². The number of Topliss-reactive ketones (excluding diaryl/α,β-unsaturated/α-hetero) is 1. The minimum Gasteiger partial charge on any atom is -0.497 e. The summed E-state index contributed by atoms with van der Waals surface area (Å²) in [7, 11) is 1.63. The Kier molecular flexibility index (Phi) is 6.43. The van der Waals surface area contributed by atoms with Gasteiger partial charge in [-0.3, -0.25) is 4.79 Å². The number of carbonyl (C=O) groups excluding carboxylic acids is 1. The number of thioether (sulfide) groups is 1. The number of hydrogen-bond donors (Lipinski definition) is 0. The monoisotopic (exact) mass is 280 g/mol. The molecule has 1 rings (SSSR count). The third-order valence-corrected chi connectivity index (χ3v) is 4.51. The molecule has 0 saturated heterocycles. The molecular weight excluding hydrogens is 256 g/mol. The molecule has 0 aliphatic rings. The van der Waals surface area contributed by atoms with Gasteiger partial charge in [0.2, 0.25) is 0 Å². The molecule has 1 aromatic carbocycles. The van der Waals surface area contributed by atoms with Gasteiger partial charge in [-0.1, -0.05) is 19.8 Å². The molecule has 1 aromatic rings. The van der Waals surface area contributed by atoms with Crippen molar-refractivity contribution in [3.8, 4) is 5.75 Å². The molecule has 0 unspecified atom stereocenters. The van der Waals surface area contributed by atoms with Crippen molar-refractivity contribution in [2.75, 3.05) is 12.9 Å². The van der Waals surface area contributed by atoms with E-state index >= 15 is 0 Å². The van der Waals surface area contributed by atoms with Gasteiger partial charge in [-0.15, -0.1) is 11.8 Å². The van der Waals surface area contributed by atoms with E-state index in [0.717, 1.165) is 17.1 Å². The van der Waals surface area contributed by atoms with E-state index < -0.39 is 0 Å². The first-order valence-electron chi connectivity index (χ1n) is 6.84. The fraction of sp³-hybridized carbons (Fsp3) is 0.562. The summed E-state index contributed by atoms with van der Waals surface area (Å²) in [6.45, 7) is 6.21. The molecule has 0 aromatic heterocycles. The van der Waals surface area contributed by atoms with Gasteiger partial charge in [-0.25, -0.2) is 0 Å². The van der Waals surface area contributed by atoms with Gasteiger partial charge in [0.1, 0.15) is 5.75 Å². The maximum absolute atomic E-state index is 12.5. The molecule has 0 N–H and O–H groups in total. The van der Waals surface area contributed by atoms with Crippen molar-refractivity contribution in [2.45, 2.75) is 44.8 Å². The number of benzene rings is 1. The lowest BCUT2D eigenvalue weighted by molar-refractivity contribution is 0.0958. The van der Waals surface area contributed by atoms with Crippen molar-refractivity contribution in [3.63, 3.8) is 0 Å². The summed E-state index contributed by atoms with van der Waals surface area (Å²) in [5.74, 6) is 2.02. The van der Waals surface area contributed by atoms with Gasteiger partial charge < -0.3 is 4.74 Å². The molecule has 0 heterocycles. The number of hydrogen-bond acceptors (Lipinski definition) is 3. The van der Waals surface area contributed by atoms with Crippen LogP contribution in [0.4, 0.5) is 0 Å². The van der Waals surface area contributed by atoms with Crippen LogP contribution in [0.25, 0.3) is 0 Å². The summed E-state index contributed by atoms with van der Waals surface area (Å²) in [6.07, 6.45) is 3.63. The minimum atomic E-state index is -0.359. The van der Waals surface area contributed by atoms with Crippen LogP contribution in [-0.2, 0) is 0 Å². The smallest absolute Gasteiger partial charge is 0.178 e. The molecule has 0 bridgehead atoms. The zero-order valence-corrected chi connectivity index (χ0v) is 13.2. The molecule has 106 valence electrons. The highest BCUT2D eigenvalue weighted by Crippen LogP contribution is 2.30. The fourth-order valence-electron chi connectivity index (χ4n) is 1.83. The highest BCUT2D eigenvalue weighted by molar-refractivity contribution is 8.01. The number of unbranched alkanes of at least 4 members (excludes halogenated alkanes) is 2. The third kappa shape index (κ3) is 4.90. The highest BCUT2D eigenvalue weighted by Gasteiger charge is 2.28. The van der Waals surface area contributed by atoms with Crippen LogP contribution in [0.5, 0.6) is 5.75 Å². The molecule has 3 heteroatoms. The van der Waals surface area contributed by atoms with Crippen LogP contribution < -0.4 is 4.74 Å². The summed E-state index contributed by atoms with van der Waals surface area (Å²) < 4.78 is 4.75. The van der Waals surface area contributed by atoms with Crippen LogP contribution >= 0.6 is 11.8 Å². The molecular formula is C16H24O2S. The summed E-state index contributed by atoms with van der Waals surface area (Å²) in [6, 6.07) is 7.36. The molecule has 0 aliphatic carbocycles. The van der Waals surface area contributed by atoms with Crippen LogP contribution in [0.1, 0.15) is 50.4 Å². The van der Waals surface area contributed by atoms with Crippen molar-refractivity contribution in [2.24, 2.45) is 0 Å². The van der Waals surface area contributed by atoms with E-state index in [1.165, 1.54) is 19.3 Å². The Morgan fingerprint density at radius 1 is 1.21 bits per heavy atom. The SMILES string of the molecule is CCCCCSC(C)(C)C(=O)c1ccc(OC)cc1. The van der Waals surface area contributed by atoms with Crippen LogP contribution in [0, 0.1) is 0 Å². The van der Waals surface area contributed by atoms with Crippen molar-refractivity contribution in [3.05, 3.63) is 29.8 Å². The van der Waals surface area contributed by atoms with Gasteiger partial charge in [-0.05, 0) is 50.3 Å². The first-order chi connectivity index (χ1) is 9.01. The van der Waals surface area contributed by atoms with Gasteiger partial charge in [0.05, 0.1) is 11.9 Å². The van der Waals surface area contributed by atoms with Crippen molar-refractivity contribution in [1.82, 2.24) is 0 Å². The third-order valence-electron chi connectivity index (χ3n) is 3.11. The lowest BCUT2D eigenvalue weighted by Crippen LogP contribution is -2.28. The van der Waals surface area contributed by atoms with Crippen molar-refractivity contribution >= 4 is 17.5 Å². The van der Waals surface area contributed by atoms with Gasteiger partial charge in [0, 0.05) is 5.56 Å². The zero-order valence-electron chi connectivity index (χ0n) is 12.4. The van der Waals surface area contributed by atoms with Gasteiger partial charge in [0.15, 0.2) is 5.78 Å². The van der Waals surface area contributed by atoms with E-state index in [4.69, 9.17) is 4.74 Å². The molecule has 0 radical (unpaired) electrons. The molecule has 0 atom stereocenters. The van der Waals surface area contributed by atoms with E-state index in [1.807, 2.05) is 38.1 Å².